The van der Waals surface area contributed by atoms with Gasteiger partial charge in [-0.15, -0.1) is 0 Å². The normalized spacial score (nSPS) is 13.9. The monoisotopic (exact) mass is 676 g/mol. The van der Waals surface area contributed by atoms with Crippen LogP contribution < -0.4 is 10.5 Å². The van der Waals surface area contributed by atoms with Gasteiger partial charge in [0.2, 0.25) is 0 Å². The molecule has 2 N–H and O–H groups in total. The number of carbonyl (C=O) groups is 1. The first kappa shape index (κ1) is 32.3. The Balaban J connectivity index is 1.31. The van der Waals surface area contributed by atoms with Crippen molar-refractivity contribution >= 4 is 27.0 Å². The molecule has 0 radical (unpaired) electrons. The van der Waals surface area contributed by atoms with Crippen LogP contribution in [0.1, 0.15) is 21.5 Å². The molecule has 1 aliphatic rings. The van der Waals surface area contributed by atoms with E-state index in [0.29, 0.717) is 29.9 Å². The van der Waals surface area contributed by atoms with E-state index in [0.717, 1.165) is 59.1 Å². The maximum atomic E-state index is 14.1. The molecular formula is C37H36N6O5S. The second kappa shape index (κ2) is 13.7. The van der Waals surface area contributed by atoms with Crippen LogP contribution in [0.25, 0.3) is 33.4 Å². The van der Waals surface area contributed by atoms with Gasteiger partial charge in [0.1, 0.15) is 18.1 Å². The molecule has 0 bridgehead atoms. The van der Waals surface area contributed by atoms with Crippen molar-refractivity contribution < 1.29 is 22.7 Å². The predicted molar refractivity (Wildman–Crippen MR) is 187 cm³/mol. The molecule has 0 aliphatic carbocycles. The Bertz CT molecular complexity index is 2220. The highest BCUT2D eigenvalue weighted by molar-refractivity contribution is 7.90. The molecule has 49 heavy (non-hydrogen) atoms. The number of benzene rings is 3. The molecule has 4 heterocycles. The van der Waals surface area contributed by atoms with Crippen molar-refractivity contribution in [3.05, 3.63) is 120 Å². The Morgan fingerprint density at radius 3 is 2.47 bits per heavy atom. The van der Waals surface area contributed by atoms with Crippen molar-refractivity contribution in [2.75, 3.05) is 39.5 Å². The summed E-state index contributed by atoms with van der Waals surface area (Å²) in [7, 11) is -4.08. The fraction of sp³-hybridized carbons (Fsp3) is 0.216. The zero-order valence-electron chi connectivity index (χ0n) is 27.0. The zero-order valence-corrected chi connectivity index (χ0v) is 27.8. The first-order chi connectivity index (χ1) is 23.8. The summed E-state index contributed by atoms with van der Waals surface area (Å²) in [4.78, 5) is 19.9. The third kappa shape index (κ3) is 6.84. The van der Waals surface area contributed by atoms with Crippen LogP contribution in [-0.4, -0.2) is 77.4 Å². The Morgan fingerprint density at radius 1 is 0.939 bits per heavy atom. The number of nitrogens with zero attached hydrogens (tertiary/aromatic N) is 5. The van der Waals surface area contributed by atoms with Crippen LogP contribution in [0, 0.1) is 6.92 Å². The second-order valence-corrected chi connectivity index (χ2v) is 13.8. The number of pyridine rings is 1. The fourth-order valence-corrected chi connectivity index (χ4v) is 7.29. The molecule has 250 valence electrons. The average Bonchev–Trinajstić information content (AvgIpc) is 3.71. The molecule has 3 aromatic carbocycles. The Labute approximate surface area is 284 Å². The summed E-state index contributed by atoms with van der Waals surface area (Å²) in [5.74, 6) is 0.0314. The highest BCUT2D eigenvalue weighted by atomic mass is 32.2. The average molecular weight is 677 g/mol. The molecule has 12 heteroatoms. The van der Waals surface area contributed by atoms with Crippen LogP contribution in [-0.2, 0) is 21.3 Å². The van der Waals surface area contributed by atoms with Gasteiger partial charge < -0.3 is 15.2 Å². The van der Waals surface area contributed by atoms with Crippen LogP contribution in [0.2, 0.25) is 0 Å². The number of carbonyl (C=O) groups excluding carboxylic acids is 1. The number of primary amides is 1. The number of morpholine rings is 1. The Hall–Kier alpha value is -5.30. The van der Waals surface area contributed by atoms with Crippen LogP contribution >= 0.6 is 0 Å². The second-order valence-electron chi connectivity index (χ2n) is 12.0. The first-order valence-electron chi connectivity index (χ1n) is 16.0. The van der Waals surface area contributed by atoms with E-state index in [-0.39, 0.29) is 21.8 Å². The molecule has 11 nitrogen and oxygen atoms in total. The molecule has 3 aromatic heterocycles. The van der Waals surface area contributed by atoms with Crippen molar-refractivity contribution in [2.24, 2.45) is 5.73 Å². The SMILES string of the molecule is Cc1ccc(S(=O)(=O)n2cc(-c3nn(Cc4ccccc4)cc3C(N)=O)c3cc(-c4cccc(OCCN5CCOCC5)c4)cnc32)cc1. The Kier molecular flexibility index (Phi) is 9.00. The molecule has 1 amide bonds. The minimum absolute atomic E-state index is 0.110. The lowest BCUT2D eigenvalue weighted by atomic mass is 10.0. The van der Waals surface area contributed by atoms with Crippen LogP contribution in [0.15, 0.2) is 108 Å². The molecular weight excluding hydrogens is 641 g/mol. The largest absolute Gasteiger partial charge is 0.492 e. The molecule has 1 saturated heterocycles. The number of aromatic nitrogens is 4. The predicted octanol–water partition coefficient (Wildman–Crippen LogP) is 4.97. The van der Waals surface area contributed by atoms with Crippen molar-refractivity contribution in [1.29, 1.82) is 0 Å². The van der Waals surface area contributed by atoms with E-state index < -0.39 is 15.9 Å². The zero-order chi connectivity index (χ0) is 34.0. The van der Waals surface area contributed by atoms with Gasteiger partial charge in [-0.2, -0.15) is 5.10 Å². The van der Waals surface area contributed by atoms with Crippen LogP contribution in [0.5, 0.6) is 5.75 Å². The number of fused-ring (bicyclic) bond motifs is 1. The number of rotatable bonds is 11. The van der Waals surface area contributed by atoms with E-state index in [9.17, 15) is 13.2 Å². The lowest BCUT2D eigenvalue weighted by molar-refractivity contribution is 0.0322. The molecule has 0 unspecified atom stereocenters. The summed E-state index contributed by atoms with van der Waals surface area (Å²) in [6.45, 7) is 6.85. The summed E-state index contributed by atoms with van der Waals surface area (Å²) < 4.78 is 42.4. The summed E-state index contributed by atoms with van der Waals surface area (Å²) in [5.41, 5.74) is 10.4. The Morgan fingerprint density at radius 2 is 1.71 bits per heavy atom. The molecule has 0 spiro atoms. The highest BCUT2D eigenvalue weighted by Crippen LogP contribution is 2.36. The minimum Gasteiger partial charge on any atom is -0.492 e. The van der Waals surface area contributed by atoms with Gasteiger partial charge >= 0.3 is 0 Å². The summed E-state index contributed by atoms with van der Waals surface area (Å²) in [6.07, 6.45) is 4.71. The van der Waals surface area contributed by atoms with Gasteiger partial charge in [-0.1, -0.05) is 60.2 Å². The van der Waals surface area contributed by atoms with Gasteiger partial charge in [0.05, 0.1) is 30.2 Å². The van der Waals surface area contributed by atoms with E-state index >= 15 is 0 Å². The number of hydrogen-bond acceptors (Lipinski definition) is 8. The number of ether oxygens (including phenoxy) is 2. The van der Waals surface area contributed by atoms with Crippen molar-refractivity contribution in [3.8, 4) is 28.1 Å². The third-order valence-corrected chi connectivity index (χ3v) is 10.3. The van der Waals surface area contributed by atoms with Gasteiger partial charge in [0.25, 0.3) is 15.9 Å². The van der Waals surface area contributed by atoms with Gasteiger partial charge in [-0.05, 0) is 48.4 Å². The lowest BCUT2D eigenvalue weighted by Gasteiger charge is -2.26. The van der Waals surface area contributed by atoms with Crippen LogP contribution in [0.3, 0.4) is 0 Å². The van der Waals surface area contributed by atoms with Gasteiger partial charge in [0, 0.05) is 54.7 Å². The topological polar surface area (TPSA) is 135 Å². The summed E-state index contributed by atoms with van der Waals surface area (Å²) in [5, 5.41) is 5.26. The van der Waals surface area contributed by atoms with Gasteiger partial charge in [-0.25, -0.2) is 17.4 Å². The highest BCUT2D eigenvalue weighted by Gasteiger charge is 2.27. The van der Waals surface area contributed by atoms with Crippen molar-refractivity contribution in [1.82, 2.24) is 23.6 Å². The van der Waals surface area contributed by atoms with E-state index in [2.05, 4.69) is 9.88 Å². The smallest absolute Gasteiger partial charge is 0.269 e. The molecule has 1 fully saturated rings. The first-order valence-corrected chi connectivity index (χ1v) is 17.5. The number of nitrogens with two attached hydrogens (primary N) is 1. The van der Waals surface area contributed by atoms with E-state index in [1.54, 1.807) is 41.3 Å². The third-order valence-electron chi connectivity index (χ3n) is 8.61. The maximum absolute atomic E-state index is 14.1. The van der Waals surface area contributed by atoms with E-state index in [1.165, 1.54) is 6.20 Å². The van der Waals surface area contributed by atoms with Crippen LogP contribution in [0.4, 0.5) is 0 Å². The minimum atomic E-state index is -4.08. The quantitative estimate of drug-likeness (QED) is 0.203. The van der Waals surface area contributed by atoms with Gasteiger partial charge in [0.15, 0.2) is 5.65 Å². The summed E-state index contributed by atoms with van der Waals surface area (Å²) >= 11 is 0. The standard InChI is InChI=1S/C37H36N6O5S/c1-26-10-12-31(13-11-26)49(45,46)43-25-33(35-34(36(38)44)24-42(40-35)23-27-6-3-2-4-7-27)32-21-29(22-39-37(32)43)28-8-5-9-30(20-28)48-19-16-41-14-17-47-18-15-41/h2-13,20-22,24-25H,14-19,23H2,1H3,(H2,38,44). The van der Waals surface area contributed by atoms with E-state index in [1.807, 2.05) is 67.6 Å². The molecule has 0 atom stereocenters. The molecule has 0 saturated carbocycles. The molecule has 1 aliphatic heterocycles. The van der Waals surface area contributed by atoms with Crippen molar-refractivity contribution in [3.63, 3.8) is 0 Å². The maximum Gasteiger partial charge on any atom is 0.269 e. The van der Waals surface area contributed by atoms with Crippen molar-refractivity contribution in [2.45, 2.75) is 18.4 Å². The fourth-order valence-electron chi connectivity index (χ4n) is 5.97. The van der Waals surface area contributed by atoms with E-state index in [4.69, 9.17) is 20.3 Å². The number of amides is 1. The number of hydrogen-bond donors (Lipinski definition) is 1. The van der Waals surface area contributed by atoms with Gasteiger partial charge in [-0.3, -0.25) is 14.4 Å². The molecule has 7 rings (SSSR count). The lowest BCUT2D eigenvalue weighted by Crippen LogP contribution is -2.38. The molecule has 6 aromatic rings. The summed E-state index contributed by atoms with van der Waals surface area (Å²) in [6, 6.07) is 25.9. The number of aryl methyl sites for hydroxylation is 1.